The summed E-state index contributed by atoms with van der Waals surface area (Å²) in [4.78, 5) is 51.9. The van der Waals surface area contributed by atoms with Gasteiger partial charge in [-0.25, -0.2) is 4.79 Å². The average Bonchev–Trinajstić information content (AvgIpc) is 2.87. The van der Waals surface area contributed by atoms with Gasteiger partial charge < -0.3 is 20.1 Å². The van der Waals surface area contributed by atoms with Crippen molar-refractivity contribution in [1.29, 1.82) is 0 Å². The molecule has 2 aliphatic rings. The fourth-order valence-corrected chi connectivity index (χ4v) is 5.17. The number of hydrogen-bond donors (Lipinski definition) is 2. The number of carbonyl (C=O) groups excluding carboxylic acids is 3. The third-order valence-electron chi connectivity index (χ3n) is 6.92. The molecular weight excluding hydrogens is 456 g/mol. The zero-order valence-corrected chi connectivity index (χ0v) is 20.1. The van der Waals surface area contributed by atoms with Crippen molar-refractivity contribution in [1.82, 2.24) is 9.47 Å². The molecule has 36 heavy (non-hydrogen) atoms. The zero-order valence-electron chi connectivity index (χ0n) is 20.1. The number of ketones is 1. The van der Waals surface area contributed by atoms with Gasteiger partial charge in [-0.2, -0.15) is 0 Å². The molecule has 0 saturated carbocycles. The summed E-state index contributed by atoms with van der Waals surface area (Å²) in [6.45, 7) is 3.06. The van der Waals surface area contributed by atoms with Crippen molar-refractivity contribution < 1.29 is 14.4 Å². The molecule has 2 atom stereocenters. The van der Waals surface area contributed by atoms with Gasteiger partial charge in [0.05, 0.1) is 6.42 Å². The lowest BCUT2D eigenvalue weighted by Crippen LogP contribution is -2.50. The molecule has 5 rings (SSSR count). The van der Waals surface area contributed by atoms with Crippen molar-refractivity contribution in [2.24, 2.45) is 5.92 Å². The average molecular weight is 485 g/mol. The summed E-state index contributed by atoms with van der Waals surface area (Å²) in [5.41, 5.74) is 3.08. The minimum atomic E-state index is -0.228. The number of Topliss-reactive ketones (excluding diaryl/α,β-unsaturated/α-hetero) is 1. The second-order valence-corrected chi connectivity index (χ2v) is 9.57. The molecule has 0 spiro atoms. The molecule has 3 heterocycles. The van der Waals surface area contributed by atoms with Crippen LogP contribution in [0.15, 0.2) is 71.5 Å². The predicted octanol–water partition coefficient (Wildman–Crippen LogP) is 3.88. The van der Waals surface area contributed by atoms with Crippen molar-refractivity contribution in [2.75, 3.05) is 23.7 Å². The maximum atomic E-state index is 13.2. The van der Waals surface area contributed by atoms with E-state index in [0.29, 0.717) is 30.9 Å². The Morgan fingerprint density at radius 3 is 2.36 bits per heavy atom. The number of urea groups is 1. The molecule has 2 aromatic carbocycles. The predicted molar refractivity (Wildman–Crippen MR) is 137 cm³/mol. The highest BCUT2D eigenvalue weighted by Crippen LogP contribution is 2.35. The standard InChI is InChI=1S/C28H28N4O4/c1-18(33)21-7-9-23(10-8-21)29-28(36)31-15-20-13-22(17-31)25-12-11-24(27(35)32(25)16-20)30-26(34)14-19-5-3-2-4-6-19/h2-12,20,22H,13-17H2,1H3,(H,29,36)(H,30,34)/t20-,22-/m1/s1. The second kappa shape index (κ2) is 9.81. The number of nitrogens with one attached hydrogen (secondary N) is 2. The van der Waals surface area contributed by atoms with Gasteiger partial charge in [0.1, 0.15) is 5.69 Å². The van der Waals surface area contributed by atoms with Gasteiger partial charge in [-0.3, -0.25) is 14.4 Å². The molecule has 2 N–H and O–H groups in total. The first kappa shape index (κ1) is 23.5. The van der Waals surface area contributed by atoms with E-state index in [0.717, 1.165) is 17.7 Å². The number of likely N-dealkylation sites (tertiary alicyclic amines) is 1. The number of amides is 3. The van der Waals surface area contributed by atoms with E-state index in [1.165, 1.54) is 6.92 Å². The van der Waals surface area contributed by atoms with Crippen LogP contribution >= 0.6 is 0 Å². The van der Waals surface area contributed by atoms with Crippen LogP contribution in [0, 0.1) is 5.92 Å². The Kier molecular flexibility index (Phi) is 6.41. The first-order chi connectivity index (χ1) is 17.4. The van der Waals surface area contributed by atoms with Crippen molar-refractivity contribution in [3.05, 3.63) is 93.9 Å². The van der Waals surface area contributed by atoms with Crippen LogP contribution < -0.4 is 16.2 Å². The fraction of sp³-hybridized carbons (Fsp3) is 0.286. The van der Waals surface area contributed by atoms with Crippen LogP contribution in [0.3, 0.4) is 0 Å². The van der Waals surface area contributed by atoms with Crippen molar-refractivity contribution in [2.45, 2.75) is 32.2 Å². The van der Waals surface area contributed by atoms with Gasteiger partial charge in [0.15, 0.2) is 5.78 Å². The van der Waals surface area contributed by atoms with Gasteiger partial charge in [-0.1, -0.05) is 30.3 Å². The molecule has 3 aromatic rings. The van der Waals surface area contributed by atoms with Gasteiger partial charge in [0.2, 0.25) is 5.91 Å². The molecule has 0 radical (unpaired) electrons. The Labute approximate surface area is 208 Å². The number of piperidine rings is 1. The number of anilines is 2. The van der Waals surface area contributed by atoms with E-state index in [1.807, 2.05) is 36.4 Å². The number of pyridine rings is 1. The van der Waals surface area contributed by atoms with Crippen LogP contribution in [0.25, 0.3) is 0 Å². The highest BCUT2D eigenvalue weighted by atomic mass is 16.2. The SMILES string of the molecule is CC(=O)c1ccc(NC(=O)N2C[C@H]3C[C@H](C2)c2ccc(NC(=O)Cc4ccccc4)c(=O)n2C3)cc1. The molecule has 2 bridgehead atoms. The van der Waals surface area contributed by atoms with Gasteiger partial charge in [0, 0.05) is 42.5 Å². The summed E-state index contributed by atoms with van der Waals surface area (Å²) in [5.74, 6) is -0.0567. The highest BCUT2D eigenvalue weighted by molar-refractivity contribution is 5.95. The Bertz CT molecular complexity index is 1360. The molecule has 184 valence electrons. The molecule has 1 aromatic heterocycles. The Morgan fingerprint density at radius 2 is 1.64 bits per heavy atom. The van der Waals surface area contributed by atoms with Crippen LogP contribution in [0.5, 0.6) is 0 Å². The van der Waals surface area contributed by atoms with Crippen LogP contribution in [0.1, 0.15) is 40.9 Å². The van der Waals surface area contributed by atoms with E-state index in [2.05, 4.69) is 10.6 Å². The summed E-state index contributed by atoms with van der Waals surface area (Å²) >= 11 is 0. The van der Waals surface area contributed by atoms with Crippen molar-refractivity contribution in [3.63, 3.8) is 0 Å². The van der Waals surface area contributed by atoms with E-state index >= 15 is 0 Å². The quantitative estimate of drug-likeness (QED) is 0.537. The number of carbonyl (C=O) groups is 3. The Morgan fingerprint density at radius 1 is 0.889 bits per heavy atom. The number of hydrogen-bond acceptors (Lipinski definition) is 4. The topological polar surface area (TPSA) is 101 Å². The van der Waals surface area contributed by atoms with Crippen LogP contribution in [0.4, 0.5) is 16.2 Å². The lowest BCUT2D eigenvalue weighted by molar-refractivity contribution is -0.115. The number of nitrogens with zero attached hydrogens (tertiary/aromatic N) is 2. The Hall–Kier alpha value is -4.20. The lowest BCUT2D eigenvalue weighted by atomic mass is 9.83. The maximum absolute atomic E-state index is 13.2. The lowest BCUT2D eigenvalue weighted by Gasteiger charge is -2.42. The number of fused-ring (bicyclic) bond motifs is 4. The molecule has 8 heteroatoms. The first-order valence-electron chi connectivity index (χ1n) is 12.1. The largest absolute Gasteiger partial charge is 0.324 e. The van der Waals surface area contributed by atoms with E-state index < -0.39 is 0 Å². The zero-order chi connectivity index (χ0) is 25.2. The van der Waals surface area contributed by atoms with Crippen LogP contribution in [0.2, 0.25) is 0 Å². The molecule has 0 aliphatic carbocycles. The number of aromatic nitrogens is 1. The van der Waals surface area contributed by atoms with E-state index in [-0.39, 0.29) is 47.2 Å². The van der Waals surface area contributed by atoms with Gasteiger partial charge in [0.25, 0.3) is 5.56 Å². The summed E-state index contributed by atoms with van der Waals surface area (Å²) < 4.78 is 1.76. The Balaban J connectivity index is 1.27. The molecule has 1 fully saturated rings. The number of rotatable bonds is 5. The molecule has 2 aliphatic heterocycles. The molecule has 0 unspecified atom stereocenters. The third-order valence-corrected chi connectivity index (χ3v) is 6.92. The van der Waals surface area contributed by atoms with E-state index in [1.54, 1.807) is 39.8 Å². The molecule has 3 amide bonds. The van der Waals surface area contributed by atoms with E-state index in [4.69, 9.17) is 0 Å². The minimum Gasteiger partial charge on any atom is -0.324 e. The van der Waals surface area contributed by atoms with Crippen molar-refractivity contribution >= 4 is 29.1 Å². The number of benzene rings is 2. The normalized spacial score (nSPS) is 18.2. The second-order valence-electron chi connectivity index (χ2n) is 9.57. The molecular formula is C28H28N4O4. The van der Waals surface area contributed by atoms with Gasteiger partial charge in [-0.05, 0) is 61.2 Å². The van der Waals surface area contributed by atoms with Gasteiger partial charge in [-0.15, -0.1) is 0 Å². The smallest absolute Gasteiger partial charge is 0.321 e. The highest BCUT2D eigenvalue weighted by Gasteiger charge is 2.36. The third kappa shape index (κ3) is 4.93. The van der Waals surface area contributed by atoms with Crippen LogP contribution in [-0.4, -0.2) is 40.3 Å². The van der Waals surface area contributed by atoms with Crippen LogP contribution in [-0.2, 0) is 17.8 Å². The van der Waals surface area contributed by atoms with Gasteiger partial charge >= 0.3 is 6.03 Å². The summed E-state index contributed by atoms with van der Waals surface area (Å²) in [6.07, 6.45) is 1.12. The summed E-state index contributed by atoms with van der Waals surface area (Å²) in [6, 6.07) is 19.6. The summed E-state index contributed by atoms with van der Waals surface area (Å²) in [7, 11) is 0. The van der Waals surface area contributed by atoms with Crippen molar-refractivity contribution in [3.8, 4) is 0 Å². The summed E-state index contributed by atoms with van der Waals surface area (Å²) in [5, 5.41) is 5.68. The minimum absolute atomic E-state index is 0.0236. The molecule has 1 saturated heterocycles. The first-order valence-corrected chi connectivity index (χ1v) is 12.1. The van der Waals surface area contributed by atoms with E-state index in [9.17, 15) is 19.2 Å². The maximum Gasteiger partial charge on any atom is 0.321 e. The molecule has 8 nitrogen and oxygen atoms in total. The monoisotopic (exact) mass is 484 g/mol. The fourth-order valence-electron chi connectivity index (χ4n) is 5.17.